The highest BCUT2D eigenvalue weighted by Crippen LogP contribution is 2.37. The van der Waals surface area contributed by atoms with Gasteiger partial charge >= 0.3 is 0 Å². The van der Waals surface area contributed by atoms with Gasteiger partial charge in [0.15, 0.2) is 0 Å². The Hall–Kier alpha value is -3.06. The maximum atomic E-state index is 10.9. The van der Waals surface area contributed by atoms with Gasteiger partial charge in [-0.3, -0.25) is 0 Å². The topological polar surface area (TPSA) is 60.9 Å². The molecule has 0 aliphatic heterocycles. The van der Waals surface area contributed by atoms with E-state index in [-0.39, 0.29) is 0 Å². The first-order chi connectivity index (χ1) is 15.7. The van der Waals surface area contributed by atoms with Crippen molar-refractivity contribution in [2.24, 2.45) is 0 Å². The fraction of sp³-hybridized carbons (Fsp3) is 0.269. The number of rotatable bonds is 7. The first kappa shape index (κ1) is 23.1. The van der Waals surface area contributed by atoms with Crippen LogP contribution in [0.15, 0.2) is 48.5 Å². The summed E-state index contributed by atoms with van der Waals surface area (Å²) in [6.07, 6.45) is 0. The summed E-state index contributed by atoms with van der Waals surface area (Å²) in [5.74, 6) is 1.09. The highest BCUT2D eigenvalue weighted by molar-refractivity contribution is 6.31. The molecule has 33 heavy (non-hydrogen) atoms. The predicted octanol–water partition coefficient (Wildman–Crippen LogP) is 5.62. The lowest BCUT2D eigenvalue weighted by atomic mass is 10.0. The van der Waals surface area contributed by atoms with Crippen LogP contribution in [0.3, 0.4) is 0 Å². The number of hydrogen-bond donors (Lipinski definition) is 2. The standard InChI is InChI=1S/C26H29ClN4O2/c1-30(2)14-16-10-19(11-17(26(16)32)15-31(3)4)28-25-21-8-6-18(27)12-24(21)29-23-9-7-20(33-5)13-22(23)25/h6-13,32H,14-15H2,1-5H3,(H,28,29). The van der Waals surface area contributed by atoms with Crippen molar-refractivity contribution in [2.45, 2.75) is 13.1 Å². The molecule has 0 bridgehead atoms. The molecule has 0 saturated carbocycles. The number of phenols is 1. The molecule has 0 radical (unpaired) electrons. The van der Waals surface area contributed by atoms with Crippen LogP contribution in [-0.2, 0) is 13.1 Å². The summed E-state index contributed by atoms with van der Waals surface area (Å²) >= 11 is 6.27. The number of methoxy groups -OCH3 is 1. The minimum absolute atomic E-state index is 0.334. The summed E-state index contributed by atoms with van der Waals surface area (Å²) < 4.78 is 5.48. The number of ether oxygens (including phenoxy) is 1. The van der Waals surface area contributed by atoms with Crippen molar-refractivity contribution in [3.63, 3.8) is 0 Å². The second-order valence-corrected chi connectivity index (χ2v) is 9.21. The van der Waals surface area contributed by atoms with Crippen molar-refractivity contribution in [1.82, 2.24) is 14.8 Å². The minimum Gasteiger partial charge on any atom is -0.507 e. The Morgan fingerprint density at radius 2 is 1.55 bits per heavy atom. The molecule has 4 rings (SSSR count). The van der Waals surface area contributed by atoms with E-state index >= 15 is 0 Å². The summed E-state index contributed by atoms with van der Waals surface area (Å²) in [5.41, 5.74) is 5.20. The summed E-state index contributed by atoms with van der Waals surface area (Å²) in [6.45, 7) is 1.26. The SMILES string of the molecule is COc1ccc2nc3cc(Cl)ccc3c(Nc3cc(CN(C)C)c(O)c(CN(C)C)c3)c2c1. The van der Waals surface area contributed by atoms with Crippen molar-refractivity contribution in [2.75, 3.05) is 40.6 Å². The van der Waals surface area contributed by atoms with Crippen molar-refractivity contribution in [3.8, 4) is 11.5 Å². The number of anilines is 2. The van der Waals surface area contributed by atoms with Crippen LogP contribution in [0.4, 0.5) is 11.4 Å². The van der Waals surface area contributed by atoms with E-state index in [4.69, 9.17) is 21.3 Å². The van der Waals surface area contributed by atoms with Crippen molar-refractivity contribution in [3.05, 3.63) is 64.7 Å². The number of aromatic nitrogens is 1. The average molecular weight is 465 g/mol. The first-order valence-corrected chi connectivity index (χ1v) is 11.1. The number of halogens is 1. The van der Waals surface area contributed by atoms with Gasteiger partial charge in [0, 0.05) is 45.7 Å². The van der Waals surface area contributed by atoms with Crippen molar-refractivity contribution < 1.29 is 9.84 Å². The predicted molar refractivity (Wildman–Crippen MR) is 137 cm³/mol. The number of pyridine rings is 1. The molecule has 6 nitrogen and oxygen atoms in total. The molecule has 0 amide bonds. The number of hydrogen-bond acceptors (Lipinski definition) is 6. The zero-order valence-electron chi connectivity index (χ0n) is 19.6. The average Bonchev–Trinajstić information content (AvgIpc) is 2.75. The van der Waals surface area contributed by atoms with Crippen LogP contribution in [-0.4, -0.2) is 55.2 Å². The summed E-state index contributed by atoms with van der Waals surface area (Å²) in [6, 6.07) is 15.6. The Morgan fingerprint density at radius 1 is 0.879 bits per heavy atom. The van der Waals surface area contributed by atoms with Crippen LogP contribution in [0.5, 0.6) is 11.5 Å². The second kappa shape index (κ2) is 9.43. The molecule has 0 spiro atoms. The summed E-state index contributed by atoms with van der Waals surface area (Å²) in [4.78, 5) is 8.90. The van der Waals surface area contributed by atoms with Gasteiger partial charge in [0.25, 0.3) is 0 Å². The molecule has 7 heteroatoms. The third-order valence-corrected chi connectivity index (χ3v) is 5.69. The van der Waals surface area contributed by atoms with Crippen LogP contribution in [0.1, 0.15) is 11.1 Å². The Kier molecular flexibility index (Phi) is 6.61. The highest BCUT2D eigenvalue weighted by Gasteiger charge is 2.15. The van der Waals surface area contributed by atoms with Crippen molar-refractivity contribution >= 4 is 44.8 Å². The molecule has 0 saturated heterocycles. The molecule has 1 aromatic heterocycles. The van der Waals surface area contributed by atoms with E-state index in [9.17, 15) is 5.11 Å². The van der Waals surface area contributed by atoms with Crippen LogP contribution in [0, 0.1) is 0 Å². The highest BCUT2D eigenvalue weighted by atomic mass is 35.5. The number of aromatic hydroxyl groups is 1. The fourth-order valence-electron chi connectivity index (χ4n) is 4.06. The van der Waals surface area contributed by atoms with E-state index in [0.29, 0.717) is 23.9 Å². The van der Waals surface area contributed by atoms with Gasteiger partial charge in [0.05, 0.1) is 23.8 Å². The second-order valence-electron chi connectivity index (χ2n) is 8.78. The molecular formula is C26H29ClN4O2. The molecule has 0 unspecified atom stereocenters. The van der Waals surface area contributed by atoms with Crippen LogP contribution in [0.2, 0.25) is 5.02 Å². The van der Waals surface area contributed by atoms with E-state index in [1.807, 2.05) is 86.5 Å². The minimum atomic E-state index is 0.334. The lowest BCUT2D eigenvalue weighted by Gasteiger charge is -2.20. The molecule has 2 N–H and O–H groups in total. The van der Waals surface area contributed by atoms with E-state index in [0.717, 1.165) is 50.1 Å². The first-order valence-electron chi connectivity index (χ1n) is 10.7. The van der Waals surface area contributed by atoms with Gasteiger partial charge in [-0.15, -0.1) is 0 Å². The molecule has 0 aliphatic carbocycles. The van der Waals surface area contributed by atoms with Crippen molar-refractivity contribution in [1.29, 1.82) is 0 Å². The van der Waals surface area contributed by atoms with Gasteiger partial charge in [-0.2, -0.15) is 0 Å². The summed E-state index contributed by atoms with van der Waals surface area (Å²) in [7, 11) is 9.62. The zero-order chi connectivity index (χ0) is 23.7. The maximum Gasteiger partial charge on any atom is 0.124 e. The quantitative estimate of drug-likeness (QED) is 0.273. The zero-order valence-corrected chi connectivity index (χ0v) is 20.4. The Balaban J connectivity index is 1.93. The third kappa shape index (κ3) is 4.98. The Labute approximate surface area is 199 Å². The van der Waals surface area contributed by atoms with Gasteiger partial charge in [0.1, 0.15) is 11.5 Å². The molecule has 1 heterocycles. The lowest BCUT2D eigenvalue weighted by Crippen LogP contribution is -2.14. The molecule has 0 fully saturated rings. The van der Waals surface area contributed by atoms with Gasteiger partial charge in [-0.25, -0.2) is 4.98 Å². The molecular weight excluding hydrogens is 436 g/mol. The van der Waals surface area contributed by atoms with Gasteiger partial charge < -0.3 is 25.0 Å². The number of nitrogens with zero attached hydrogens (tertiary/aromatic N) is 3. The number of benzene rings is 3. The Morgan fingerprint density at radius 3 is 2.15 bits per heavy atom. The van der Waals surface area contributed by atoms with E-state index in [2.05, 4.69) is 5.32 Å². The maximum absolute atomic E-state index is 10.9. The molecule has 172 valence electrons. The van der Waals surface area contributed by atoms with E-state index in [1.54, 1.807) is 7.11 Å². The lowest BCUT2D eigenvalue weighted by molar-refractivity contribution is 0.368. The Bertz CT molecular complexity index is 1290. The van der Waals surface area contributed by atoms with Gasteiger partial charge in [0.2, 0.25) is 0 Å². The number of phenolic OH excluding ortho intramolecular Hbond substituents is 1. The number of fused-ring (bicyclic) bond motifs is 2. The molecule has 0 aliphatic rings. The third-order valence-electron chi connectivity index (χ3n) is 5.45. The fourth-order valence-corrected chi connectivity index (χ4v) is 4.22. The van der Waals surface area contributed by atoms with Gasteiger partial charge in [-0.1, -0.05) is 11.6 Å². The van der Waals surface area contributed by atoms with Crippen LogP contribution in [0.25, 0.3) is 21.8 Å². The molecule has 0 atom stereocenters. The normalized spacial score (nSPS) is 11.6. The molecule has 4 aromatic rings. The largest absolute Gasteiger partial charge is 0.507 e. The molecule has 3 aromatic carbocycles. The van der Waals surface area contributed by atoms with Gasteiger partial charge in [-0.05, 0) is 76.7 Å². The van der Waals surface area contributed by atoms with Crippen LogP contribution < -0.4 is 10.1 Å². The monoisotopic (exact) mass is 464 g/mol. The number of nitrogens with one attached hydrogen (secondary N) is 1. The van der Waals surface area contributed by atoms with E-state index < -0.39 is 0 Å². The van der Waals surface area contributed by atoms with Crippen LogP contribution >= 0.6 is 11.6 Å². The van der Waals surface area contributed by atoms with E-state index in [1.165, 1.54) is 0 Å². The smallest absolute Gasteiger partial charge is 0.124 e. The summed E-state index contributed by atoms with van der Waals surface area (Å²) in [5, 5.41) is 17.1.